The van der Waals surface area contributed by atoms with E-state index in [0.717, 1.165) is 53.7 Å². The highest BCUT2D eigenvalue weighted by molar-refractivity contribution is 5.77. The number of hydrogen-bond acceptors (Lipinski definition) is 8. The quantitative estimate of drug-likeness (QED) is 0.116. The van der Waals surface area contributed by atoms with Crippen molar-refractivity contribution in [1.82, 2.24) is 15.3 Å². The molecule has 0 radical (unpaired) electrons. The Labute approximate surface area is 252 Å². The van der Waals surface area contributed by atoms with E-state index in [1.807, 2.05) is 51.1 Å². The molecular formula is C33H40F2N6O2. The van der Waals surface area contributed by atoms with Crippen LogP contribution < -0.4 is 21.3 Å². The maximum absolute atomic E-state index is 14.3. The predicted octanol–water partition coefficient (Wildman–Crippen LogP) is 6.52. The summed E-state index contributed by atoms with van der Waals surface area (Å²) in [5.41, 5.74) is 4.31. The van der Waals surface area contributed by atoms with E-state index in [-0.39, 0.29) is 11.6 Å². The van der Waals surface area contributed by atoms with Gasteiger partial charge in [0.2, 0.25) is 5.95 Å². The van der Waals surface area contributed by atoms with Crippen molar-refractivity contribution < 1.29 is 18.4 Å². The number of anilines is 4. The molecule has 0 bridgehead atoms. The molecule has 228 valence electrons. The fourth-order valence-corrected chi connectivity index (χ4v) is 3.94. The number of aromatic nitrogens is 2. The molecule has 0 atom stereocenters. The molecule has 4 rings (SSSR count). The number of nitrogens with one attached hydrogen (secondary N) is 4. The molecule has 0 saturated heterocycles. The van der Waals surface area contributed by atoms with Crippen LogP contribution in [0, 0.1) is 18.6 Å². The molecule has 1 heterocycles. The normalized spacial score (nSPS) is 10.4. The Bertz CT molecular complexity index is 1450. The lowest BCUT2D eigenvalue weighted by Crippen LogP contribution is -2.18. The van der Waals surface area contributed by atoms with Gasteiger partial charge in [-0.25, -0.2) is 13.8 Å². The molecule has 4 N–H and O–H groups in total. The molecule has 0 fully saturated rings. The summed E-state index contributed by atoms with van der Waals surface area (Å²) in [6, 6.07) is 19.1. The van der Waals surface area contributed by atoms with Crippen molar-refractivity contribution in [2.45, 2.75) is 32.6 Å². The monoisotopic (exact) mass is 590 g/mol. The molecule has 1 aromatic heterocycles. The summed E-state index contributed by atoms with van der Waals surface area (Å²) < 4.78 is 26.8. The van der Waals surface area contributed by atoms with Crippen molar-refractivity contribution in [3.8, 4) is 11.1 Å². The van der Waals surface area contributed by atoms with E-state index in [1.165, 1.54) is 18.2 Å². The highest BCUT2D eigenvalue weighted by Gasteiger charge is 2.18. The third-order valence-corrected chi connectivity index (χ3v) is 6.39. The Kier molecular flexibility index (Phi) is 13.9. The summed E-state index contributed by atoms with van der Waals surface area (Å²) >= 11 is 0. The van der Waals surface area contributed by atoms with Gasteiger partial charge < -0.3 is 30.9 Å². The molecule has 0 saturated carbocycles. The highest BCUT2D eigenvalue weighted by atomic mass is 19.1. The molecule has 0 aliphatic heterocycles. The Morgan fingerprint density at radius 1 is 0.953 bits per heavy atom. The summed E-state index contributed by atoms with van der Waals surface area (Å²) in [6.45, 7) is 9.27. The second kappa shape index (κ2) is 17.3. The molecular weight excluding hydrogens is 550 g/mol. The molecule has 10 heteroatoms. The SMILES string of the molecule is C=O.CC(C)(C=O)c1ccc(F)cc1.CNCCCNc1nc(Nc2cccc(C)c2)ncc1-c1ccc(NC)c(F)c1. The number of aldehydes is 1. The van der Waals surface area contributed by atoms with Gasteiger partial charge in [0.15, 0.2) is 0 Å². The maximum Gasteiger partial charge on any atom is 0.229 e. The lowest BCUT2D eigenvalue weighted by Gasteiger charge is -2.16. The Balaban J connectivity index is 0.000000385. The molecule has 43 heavy (non-hydrogen) atoms. The fraction of sp³-hybridized carbons (Fsp3) is 0.273. The van der Waals surface area contributed by atoms with E-state index >= 15 is 0 Å². The number of rotatable bonds is 11. The minimum absolute atomic E-state index is 0.277. The first-order valence-corrected chi connectivity index (χ1v) is 13.7. The third kappa shape index (κ3) is 10.6. The topological polar surface area (TPSA) is 108 Å². The minimum atomic E-state index is -0.520. The van der Waals surface area contributed by atoms with Crippen molar-refractivity contribution in [1.29, 1.82) is 0 Å². The molecule has 0 amide bonds. The van der Waals surface area contributed by atoms with Crippen LogP contribution in [0.1, 0.15) is 31.4 Å². The average Bonchev–Trinajstić information content (AvgIpc) is 3.01. The first kappa shape index (κ1) is 34.5. The van der Waals surface area contributed by atoms with Crippen LogP contribution in [0.3, 0.4) is 0 Å². The number of aryl methyl sites for hydroxylation is 1. The van der Waals surface area contributed by atoms with Gasteiger partial charge in [-0.05, 0) is 93.9 Å². The molecule has 0 unspecified atom stereocenters. The Morgan fingerprint density at radius 2 is 1.67 bits per heavy atom. The van der Waals surface area contributed by atoms with Crippen LogP contribution in [0.4, 0.5) is 31.9 Å². The van der Waals surface area contributed by atoms with E-state index in [1.54, 1.807) is 45.3 Å². The molecule has 4 aromatic rings. The van der Waals surface area contributed by atoms with Gasteiger partial charge in [-0.2, -0.15) is 4.98 Å². The molecule has 8 nitrogen and oxygen atoms in total. The van der Waals surface area contributed by atoms with Crippen molar-refractivity contribution >= 4 is 36.2 Å². The van der Waals surface area contributed by atoms with Gasteiger partial charge in [0, 0.05) is 36.5 Å². The highest BCUT2D eigenvalue weighted by Crippen LogP contribution is 2.30. The fourth-order valence-electron chi connectivity index (χ4n) is 3.94. The van der Waals surface area contributed by atoms with E-state index in [0.29, 0.717) is 17.5 Å². The van der Waals surface area contributed by atoms with Crippen LogP contribution in [0.25, 0.3) is 11.1 Å². The molecule has 0 aliphatic rings. The lowest BCUT2D eigenvalue weighted by atomic mass is 9.86. The van der Waals surface area contributed by atoms with Crippen LogP contribution in [-0.4, -0.2) is 50.2 Å². The summed E-state index contributed by atoms with van der Waals surface area (Å²) in [5.74, 6) is 0.569. The van der Waals surface area contributed by atoms with Crippen molar-refractivity contribution in [2.75, 3.05) is 43.1 Å². The zero-order valence-electron chi connectivity index (χ0n) is 25.3. The smallest absolute Gasteiger partial charge is 0.229 e. The molecule has 0 aliphatic carbocycles. The number of hydrogen-bond donors (Lipinski definition) is 4. The second-order valence-corrected chi connectivity index (χ2v) is 10.1. The Morgan fingerprint density at radius 3 is 2.28 bits per heavy atom. The Hall–Kier alpha value is -4.70. The summed E-state index contributed by atoms with van der Waals surface area (Å²) in [5, 5.41) is 12.6. The third-order valence-electron chi connectivity index (χ3n) is 6.39. The zero-order chi connectivity index (χ0) is 31.8. The van der Waals surface area contributed by atoms with Gasteiger partial charge in [0.1, 0.15) is 30.5 Å². The number of benzene rings is 3. The first-order valence-electron chi connectivity index (χ1n) is 13.7. The number of carbonyl (C=O) groups excluding carboxylic acids is 2. The van der Waals surface area contributed by atoms with E-state index in [4.69, 9.17) is 4.79 Å². The van der Waals surface area contributed by atoms with Crippen LogP contribution in [0.15, 0.2) is 72.9 Å². The van der Waals surface area contributed by atoms with Gasteiger partial charge in [0.25, 0.3) is 0 Å². The molecule has 0 spiro atoms. The summed E-state index contributed by atoms with van der Waals surface area (Å²) in [6.07, 6.45) is 3.52. The number of carbonyl (C=O) groups is 2. The predicted molar refractivity (Wildman–Crippen MR) is 171 cm³/mol. The molecule has 3 aromatic carbocycles. The van der Waals surface area contributed by atoms with Crippen LogP contribution in [-0.2, 0) is 15.0 Å². The standard InChI is InChI=1S/C22H27FN6.C10H11FO.CH2O/c1-15-6-4-7-17(12-15)28-22-27-14-18(21(29-22)26-11-5-10-24-2)16-8-9-20(25-3)19(23)13-16;1-10(2,7-12)8-3-5-9(11)6-4-8;1-2/h4,6-9,12-14,24-25H,5,10-11H2,1-3H3,(H2,26,27,28,29);3-7H,1-2H3;1H2. The van der Waals surface area contributed by atoms with E-state index in [9.17, 15) is 13.6 Å². The summed E-state index contributed by atoms with van der Waals surface area (Å²) in [7, 11) is 3.62. The van der Waals surface area contributed by atoms with Crippen LogP contribution in [0.2, 0.25) is 0 Å². The van der Waals surface area contributed by atoms with Crippen molar-refractivity contribution in [2.24, 2.45) is 0 Å². The maximum atomic E-state index is 14.3. The largest absolute Gasteiger partial charge is 0.386 e. The second-order valence-electron chi connectivity index (χ2n) is 10.1. The van der Waals surface area contributed by atoms with Crippen molar-refractivity contribution in [3.05, 3.63) is 95.7 Å². The van der Waals surface area contributed by atoms with Gasteiger partial charge in [-0.15, -0.1) is 0 Å². The van der Waals surface area contributed by atoms with Gasteiger partial charge in [-0.3, -0.25) is 0 Å². The van der Waals surface area contributed by atoms with E-state index in [2.05, 4.69) is 31.2 Å². The van der Waals surface area contributed by atoms with Crippen LogP contribution >= 0.6 is 0 Å². The lowest BCUT2D eigenvalue weighted by molar-refractivity contribution is -0.111. The average molecular weight is 591 g/mol. The summed E-state index contributed by atoms with van der Waals surface area (Å²) in [4.78, 5) is 27.7. The van der Waals surface area contributed by atoms with Gasteiger partial charge >= 0.3 is 0 Å². The number of nitrogens with zero attached hydrogens (tertiary/aromatic N) is 2. The minimum Gasteiger partial charge on any atom is -0.386 e. The first-order chi connectivity index (χ1) is 20.7. The van der Waals surface area contributed by atoms with Crippen molar-refractivity contribution in [3.63, 3.8) is 0 Å². The van der Waals surface area contributed by atoms with E-state index < -0.39 is 5.41 Å². The number of halogens is 2. The van der Waals surface area contributed by atoms with Crippen LogP contribution in [0.5, 0.6) is 0 Å². The van der Waals surface area contributed by atoms with Gasteiger partial charge in [-0.1, -0.05) is 30.3 Å². The zero-order valence-corrected chi connectivity index (χ0v) is 25.3. The van der Waals surface area contributed by atoms with Gasteiger partial charge in [0.05, 0.1) is 5.69 Å².